The van der Waals surface area contributed by atoms with Crippen LogP contribution in [0, 0.1) is 11.3 Å². The van der Waals surface area contributed by atoms with E-state index in [2.05, 4.69) is 10.6 Å². The molecule has 1 aromatic carbocycles. The first kappa shape index (κ1) is 32.4. The van der Waals surface area contributed by atoms with E-state index in [1.54, 1.807) is 18.2 Å². The Balaban J connectivity index is 1.50. The highest BCUT2D eigenvalue weighted by Crippen LogP contribution is 2.71. The lowest BCUT2D eigenvalue weighted by molar-refractivity contribution is -0.151. The standard InChI is InChI=1S/C28H39Cl2F3N4O3S/c1-17(10-18(2)31)12-34-23(38)22-25(3,4)36-24(35-22)27-14-28(15-27,16-27)37(41(39,40)9-8-26(5,32)33)13-19-6-7-20(29)21(30)11-19/h6-7,11,17-18,22H,8-10,12-16H2,1-5H3,(H,34,38)(H,35,36)/t17?,18-,22-,27?,28?/m0/s1. The van der Waals surface area contributed by atoms with Gasteiger partial charge in [0.25, 0.3) is 0 Å². The van der Waals surface area contributed by atoms with Crippen LogP contribution in [0.15, 0.2) is 23.2 Å². The molecule has 3 aliphatic carbocycles. The molecular formula is C28H39Cl2F3N4O3S. The zero-order valence-corrected chi connectivity index (χ0v) is 26.4. The molecule has 3 saturated carbocycles. The molecule has 0 aromatic heterocycles. The van der Waals surface area contributed by atoms with Crippen LogP contribution in [-0.2, 0) is 21.4 Å². The number of carbonyl (C=O) groups is 1. The first-order valence-corrected chi connectivity index (χ1v) is 16.2. The number of aliphatic imine (C=N–C) groups is 1. The maximum Gasteiger partial charge on any atom is 0.247 e. The van der Waals surface area contributed by atoms with Gasteiger partial charge >= 0.3 is 0 Å². The molecular weight excluding hydrogens is 600 g/mol. The Morgan fingerprint density at radius 3 is 2.41 bits per heavy atom. The molecule has 1 aliphatic heterocycles. The van der Waals surface area contributed by atoms with Crippen molar-refractivity contribution in [3.05, 3.63) is 33.8 Å². The van der Waals surface area contributed by atoms with E-state index >= 15 is 0 Å². The van der Waals surface area contributed by atoms with E-state index < -0.39 is 56.8 Å². The molecule has 1 unspecified atom stereocenters. The van der Waals surface area contributed by atoms with Crippen LogP contribution in [0.1, 0.15) is 72.3 Å². The maximum atomic E-state index is 13.6. The molecule has 230 valence electrons. The number of rotatable bonds is 13. The fourth-order valence-corrected chi connectivity index (χ4v) is 8.68. The summed E-state index contributed by atoms with van der Waals surface area (Å²) < 4.78 is 68.9. The molecule has 4 aliphatic rings. The highest BCUT2D eigenvalue weighted by atomic mass is 35.5. The second kappa shape index (κ2) is 11.2. The Hall–Kier alpha value is -1.56. The second-order valence-corrected chi connectivity index (χ2v) is 15.8. The highest BCUT2D eigenvalue weighted by molar-refractivity contribution is 7.89. The molecule has 7 nitrogen and oxygen atoms in total. The molecule has 1 heterocycles. The van der Waals surface area contributed by atoms with E-state index in [9.17, 15) is 26.4 Å². The number of halogens is 5. The first-order chi connectivity index (χ1) is 18.8. The average molecular weight is 640 g/mol. The summed E-state index contributed by atoms with van der Waals surface area (Å²) >= 11 is 12.2. The molecule has 13 heteroatoms. The summed E-state index contributed by atoms with van der Waals surface area (Å²) in [6.07, 6.45) is 0.00637. The molecule has 2 N–H and O–H groups in total. The fraction of sp³-hybridized carbons (Fsp3) is 0.714. The van der Waals surface area contributed by atoms with Crippen LogP contribution < -0.4 is 10.6 Å². The zero-order chi connectivity index (χ0) is 30.6. The molecule has 41 heavy (non-hydrogen) atoms. The number of amides is 1. The van der Waals surface area contributed by atoms with Gasteiger partial charge in [0.1, 0.15) is 5.84 Å². The summed E-state index contributed by atoms with van der Waals surface area (Å²) in [5, 5.41) is 6.90. The van der Waals surface area contributed by atoms with Crippen molar-refractivity contribution in [1.29, 1.82) is 0 Å². The van der Waals surface area contributed by atoms with Gasteiger partial charge in [-0.2, -0.15) is 4.31 Å². The lowest BCUT2D eigenvalue weighted by Crippen LogP contribution is -2.78. The SMILES string of the molecule is CC(CNC(=O)[C@@H]1N=C(C23CC(N(Cc4ccc(Cl)c(Cl)c4)S(=O)(=O)CCC(C)(F)F)(C2)C3)NC1(C)C)C[C@H](C)F. The largest absolute Gasteiger partial charge is 0.366 e. The number of amidine groups is 1. The van der Waals surface area contributed by atoms with Gasteiger partial charge in [-0.3, -0.25) is 9.79 Å². The molecule has 2 bridgehead atoms. The highest BCUT2D eigenvalue weighted by Gasteiger charge is 2.75. The van der Waals surface area contributed by atoms with Gasteiger partial charge in [0.15, 0.2) is 6.04 Å². The van der Waals surface area contributed by atoms with Crippen molar-refractivity contribution < 1.29 is 26.4 Å². The predicted molar refractivity (Wildman–Crippen MR) is 156 cm³/mol. The van der Waals surface area contributed by atoms with Gasteiger partial charge < -0.3 is 10.6 Å². The van der Waals surface area contributed by atoms with Gasteiger partial charge in [-0.05, 0) is 77.0 Å². The van der Waals surface area contributed by atoms with Crippen LogP contribution >= 0.6 is 23.2 Å². The van der Waals surface area contributed by atoms with E-state index in [-0.39, 0.29) is 23.4 Å². The monoisotopic (exact) mass is 638 g/mol. The van der Waals surface area contributed by atoms with Crippen LogP contribution in [0.25, 0.3) is 0 Å². The van der Waals surface area contributed by atoms with Crippen molar-refractivity contribution >= 4 is 45.0 Å². The summed E-state index contributed by atoms with van der Waals surface area (Å²) in [5.41, 5.74) is -1.21. The number of benzene rings is 1. The number of alkyl halides is 3. The van der Waals surface area contributed by atoms with Gasteiger partial charge in [-0.15, -0.1) is 0 Å². The van der Waals surface area contributed by atoms with Gasteiger partial charge in [0.2, 0.25) is 21.9 Å². The van der Waals surface area contributed by atoms with Crippen molar-refractivity contribution in [2.45, 2.75) is 102 Å². The third-order valence-corrected chi connectivity index (χ3v) is 11.1. The molecule has 1 aromatic rings. The van der Waals surface area contributed by atoms with Crippen LogP contribution in [0.2, 0.25) is 10.0 Å². The predicted octanol–water partition coefficient (Wildman–Crippen LogP) is 5.74. The average Bonchev–Trinajstić information content (AvgIpc) is 3.10. The van der Waals surface area contributed by atoms with Gasteiger partial charge in [-0.25, -0.2) is 21.6 Å². The summed E-state index contributed by atoms with van der Waals surface area (Å²) in [5.74, 6) is -3.40. The molecule has 0 saturated heterocycles. The number of nitrogens with one attached hydrogen (secondary N) is 2. The number of hydrogen-bond donors (Lipinski definition) is 2. The van der Waals surface area contributed by atoms with Crippen LogP contribution in [-0.4, -0.2) is 66.0 Å². The minimum Gasteiger partial charge on any atom is -0.366 e. The number of nitrogens with zero attached hydrogens (tertiary/aromatic N) is 2. The minimum atomic E-state index is -4.05. The summed E-state index contributed by atoms with van der Waals surface area (Å²) in [6.45, 7) is 8.17. The second-order valence-electron chi connectivity index (χ2n) is 13.0. The Morgan fingerprint density at radius 1 is 1.22 bits per heavy atom. The van der Waals surface area contributed by atoms with Crippen molar-refractivity contribution in [2.75, 3.05) is 12.3 Å². The Labute approximate surface area is 250 Å². The number of sulfonamides is 1. The van der Waals surface area contributed by atoms with E-state index in [1.165, 1.54) is 11.2 Å². The molecule has 0 spiro atoms. The van der Waals surface area contributed by atoms with Crippen LogP contribution in [0.4, 0.5) is 13.2 Å². The molecule has 0 radical (unpaired) electrons. The van der Waals surface area contributed by atoms with Gasteiger partial charge in [0, 0.05) is 30.5 Å². The van der Waals surface area contributed by atoms with Crippen molar-refractivity contribution in [2.24, 2.45) is 16.3 Å². The smallest absolute Gasteiger partial charge is 0.247 e. The number of hydrogen-bond acceptors (Lipinski definition) is 5. The lowest BCUT2D eigenvalue weighted by Gasteiger charge is -2.73. The molecule has 1 amide bonds. The third kappa shape index (κ3) is 6.83. The summed E-state index contributed by atoms with van der Waals surface area (Å²) in [7, 11) is -4.05. The third-order valence-electron chi connectivity index (χ3n) is 8.46. The van der Waals surface area contributed by atoms with Crippen molar-refractivity contribution in [3.63, 3.8) is 0 Å². The van der Waals surface area contributed by atoms with Gasteiger partial charge in [0.05, 0.1) is 27.5 Å². The molecule has 3 atom stereocenters. The zero-order valence-electron chi connectivity index (χ0n) is 24.0. The molecule has 3 fully saturated rings. The van der Waals surface area contributed by atoms with Crippen LogP contribution in [0.5, 0.6) is 0 Å². The Bertz CT molecular complexity index is 1300. The molecule has 5 rings (SSSR count). The van der Waals surface area contributed by atoms with Gasteiger partial charge in [-0.1, -0.05) is 36.2 Å². The van der Waals surface area contributed by atoms with E-state index in [0.29, 0.717) is 55.6 Å². The normalized spacial score (nSPS) is 28.3. The van der Waals surface area contributed by atoms with E-state index in [4.69, 9.17) is 28.2 Å². The Kier molecular flexibility index (Phi) is 8.82. The first-order valence-electron chi connectivity index (χ1n) is 13.9. The van der Waals surface area contributed by atoms with Crippen LogP contribution in [0.3, 0.4) is 0 Å². The maximum absolute atomic E-state index is 13.6. The minimum absolute atomic E-state index is 0.0172. The quantitative estimate of drug-likeness (QED) is 0.288. The number of carbonyl (C=O) groups excluding carboxylic acids is 1. The van der Waals surface area contributed by atoms with E-state index in [0.717, 1.165) is 0 Å². The Morgan fingerprint density at radius 2 is 1.85 bits per heavy atom. The summed E-state index contributed by atoms with van der Waals surface area (Å²) in [6, 6.07) is 4.15. The van der Waals surface area contributed by atoms with Crippen molar-refractivity contribution in [3.8, 4) is 0 Å². The van der Waals surface area contributed by atoms with Crippen molar-refractivity contribution in [1.82, 2.24) is 14.9 Å². The van der Waals surface area contributed by atoms with E-state index in [1.807, 2.05) is 20.8 Å². The fourth-order valence-electron chi connectivity index (χ4n) is 6.39. The topological polar surface area (TPSA) is 90.9 Å². The summed E-state index contributed by atoms with van der Waals surface area (Å²) in [4.78, 5) is 17.8. The lowest BCUT2D eigenvalue weighted by atomic mass is 9.38.